The third kappa shape index (κ3) is 4.57. The van der Waals surface area contributed by atoms with E-state index in [9.17, 15) is 21.6 Å². The van der Waals surface area contributed by atoms with Crippen LogP contribution in [0.4, 0.5) is 13.2 Å². The van der Waals surface area contributed by atoms with Crippen molar-refractivity contribution in [2.45, 2.75) is 57.6 Å². The van der Waals surface area contributed by atoms with Crippen LogP contribution in [0.1, 0.15) is 50.8 Å². The van der Waals surface area contributed by atoms with Gasteiger partial charge in [-0.15, -0.1) is 0 Å². The maximum absolute atomic E-state index is 13.6. The molecule has 0 bridgehead atoms. The van der Waals surface area contributed by atoms with Crippen molar-refractivity contribution in [1.82, 2.24) is 9.29 Å². The van der Waals surface area contributed by atoms with Crippen molar-refractivity contribution in [2.75, 3.05) is 0 Å². The second-order valence-electron chi connectivity index (χ2n) is 8.99. The molecule has 8 heteroatoms. The van der Waals surface area contributed by atoms with Gasteiger partial charge in [0.25, 0.3) is 0 Å². The fourth-order valence-electron chi connectivity index (χ4n) is 4.14. The van der Waals surface area contributed by atoms with Crippen LogP contribution in [0.2, 0.25) is 0 Å². The summed E-state index contributed by atoms with van der Waals surface area (Å²) in [6.07, 6.45) is -1.17. The minimum absolute atomic E-state index is 0.128. The number of alkyl halides is 3. The van der Waals surface area contributed by atoms with Gasteiger partial charge in [-0.05, 0) is 54.5 Å². The van der Waals surface area contributed by atoms with Crippen LogP contribution >= 0.6 is 0 Å². The van der Waals surface area contributed by atoms with E-state index in [-0.39, 0.29) is 10.8 Å². The highest BCUT2D eigenvalue weighted by Gasteiger charge is 2.37. The second-order valence-corrected chi connectivity index (χ2v) is 11.0. The van der Waals surface area contributed by atoms with Crippen molar-refractivity contribution >= 4 is 20.9 Å². The standard InChI is InChI=1S/C24H27F3N2O2S/c1-15(2)13-29-14-21(16(3)28-32(30,31)18-9-10-18)20-11-8-17(12-23(20)29)19-6-4-5-7-22(19)24(25,26)27/h4-8,11-12,14-16,18,28H,9-10,13H2,1-3H3. The summed E-state index contributed by atoms with van der Waals surface area (Å²) in [5.41, 5.74) is 1.54. The van der Waals surface area contributed by atoms with E-state index in [1.807, 2.05) is 10.8 Å². The number of rotatable bonds is 7. The molecule has 172 valence electrons. The van der Waals surface area contributed by atoms with Crippen LogP contribution in [0.15, 0.2) is 48.7 Å². The van der Waals surface area contributed by atoms with Crippen LogP contribution in [0.5, 0.6) is 0 Å². The highest BCUT2D eigenvalue weighted by Crippen LogP contribution is 2.39. The van der Waals surface area contributed by atoms with Crippen LogP contribution in [0, 0.1) is 5.92 Å². The first kappa shape index (κ1) is 22.9. The number of nitrogens with one attached hydrogen (secondary N) is 1. The second kappa shape index (κ2) is 8.23. The van der Waals surface area contributed by atoms with Gasteiger partial charge in [0.05, 0.1) is 10.8 Å². The fraction of sp³-hybridized carbons (Fsp3) is 0.417. The van der Waals surface area contributed by atoms with Gasteiger partial charge in [-0.2, -0.15) is 13.2 Å². The normalized spacial score (nSPS) is 16.1. The first-order valence-corrected chi connectivity index (χ1v) is 12.3. The van der Waals surface area contributed by atoms with Gasteiger partial charge in [0, 0.05) is 29.7 Å². The van der Waals surface area contributed by atoms with Crippen molar-refractivity contribution in [3.05, 3.63) is 59.8 Å². The Morgan fingerprint density at radius 1 is 1.09 bits per heavy atom. The van der Waals surface area contributed by atoms with E-state index < -0.39 is 27.8 Å². The van der Waals surface area contributed by atoms with E-state index in [2.05, 4.69) is 18.6 Å². The summed E-state index contributed by atoms with van der Waals surface area (Å²) in [5.74, 6) is 0.308. The molecule has 1 aliphatic carbocycles. The van der Waals surface area contributed by atoms with Crippen molar-refractivity contribution < 1.29 is 21.6 Å². The van der Waals surface area contributed by atoms with Gasteiger partial charge in [0.15, 0.2) is 0 Å². The van der Waals surface area contributed by atoms with E-state index in [0.717, 1.165) is 22.5 Å². The number of nitrogens with zero attached hydrogens (tertiary/aromatic N) is 1. The average molecular weight is 465 g/mol. The summed E-state index contributed by atoms with van der Waals surface area (Å²) < 4.78 is 70.4. The maximum Gasteiger partial charge on any atom is 0.417 e. The zero-order valence-corrected chi connectivity index (χ0v) is 19.1. The molecule has 0 amide bonds. The molecule has 2 aromatic carbocycles. The van der Waals surface area contributed by atoms with Crippen LogP contribution in [-0.4, -0.2) is 18.2 Å². The van der Waals surface area contributed by atoms with E-state index in [1.54, 1.807) is 31.2 Å². The van der Waals surface area contributed by atoms with Crippen molar-refractivity contribution in [3.8, 4) is 11.1 Å². The number of hydrogen-bond acceptors (Lipinski definition) is 2. The highest BCUT2D eigenvalue weighted by molar-refractivity contribution is 7.90. The van der Waals surface area contributed by atoms with Crippen molar-refractivity contribution in [3.63, 3.8) is 0 Å². The van der Waals surface area contributed by atoms with Crippen LogP contribution in [-0.2, 0) is 22.7 Å². The Kier molecular flexibility index (Phi) is 5.88. The zero-order valence-electron chi connectivity index (χ0n) is 18.3. The molecule has 1 atom stereocenters. The molecule has 3 aromatic rings. The van der Waals surface area contributed by atoms with Crippen molar-refractivity contribution in [2.24, 2.45) is 5.92 Å². The Bertz CT molecular complexity index is 1240. The number of halogens is 3. The summed E-state index contributed by atoms with van der Waals surface area (Å²) in [6.45, 7) is 6.60. The number of sulfonamides is 1. The molecule has 0 radical (unpaired) electrons. The van der Waals surface area contributed by atoms with E-state index >= 15 is 0 Å². The van der Waals surface area contributed by atoms with Gasteiger partial charge in [-0.1, -0.05) is 44.2 Å². The van der Waals surface area contributed by atoms with Crippen LogP contribution in [0.25, 0.3) is 22.0 Å². The molecular formula is C24H27F3N2O2S. The number of aromatic nitrogens is 1. The quantitative estimate of drug-likeness (QED) is 0.458. The lowest BCUT2D eigenvalue weighted by molar-refractivity contribution is -0.137. The molecule has 0 spiro atoms. The number of benzene rings is 2. The fourth-order valence-corrected chi connectivity index (χ4v) is 5.71. The Balaban J connectivity index is 1.81. The Morgan fingerprint density at radius 2 is 1.78 bits per heavy atom. The lowest BCUT2D eigenvalue weighted by Gasteiger charge is -2.14. The summed E-state index contributed by atoms with van der Waals surface area (Å²) in [5, 5.41) is 0.518. The molecule has 1 fully saturated rings. The SMILES string of the molecule is CC(C)Cn1cc(C(C)NS(=O)(=O)C2CC2)c2ccc(-c3ccccc3C(F)(F)F)cc21. The van der Waals surface area contributed by atoms with E-state index in [0.29, 0.717) is 30.9 Å². The topological polar surface area (TPSA) is 51.1 Å². The Labute approximate surface area is 186 Å². The smallest absolute Gasteiger partial charge is 0.347 e. The minimum atomic E-state index is -4.45. The molecule has 4 rings (SSSR count). The van der Waals surface area contributed by atoms with Gasteiger partial charge in [0.2, 0.25) is 10.0 Å². The van der Waals surface area contributed by atoms with Gasteiger partial charge < -0.3 is 4.57 Å². The van der Waals surface area contributed by atoms with Gasteiger partial charge in [0.1, 0.15) is 0 Å². The monoisotopic (exact) mass is 464 g/mol. The average Bonchev–Trinajstić information content (AvgIpc) is 3.51. The molecule has 0 saturated heterocycles. The van der Waals surface area contributed by atoms with Crippen molar-refractivity contribution in [1.29, 1.82) is 0 Å². The third-order valence-electron chi connectivity index (χ3n) is 5.79. The molecule has 1 unspecified atom stereocenters. The Morgan fingerprint density at radius 3 is 2.41 bits per heavy atom. The van der Waals surface area contributed by atoms with Gasteiger partial charge in [-0.25, -0.2) is 13.1 Å². The molecule has 1 saturated carbocycles. The first-order chi connectivity index (χ1) is 15.0. The molecule has 1 aliphatic rings. The predicted octanol–water partition coefficient (Wildman–Crippen LogP) is 6.13. The Hall–Kier alpha value is -2.32. The van der Waals surface area contributed by atoms with E-state index in [4.69, 9.17) is 0 Å². The zero-order chi connectivity index (χ0) is 23.3. The summed E-state index contributed by atoms with van der Waals surface area (Å²) in [7, 11) is -3.37. The number of fused-ring (bicyclic) bond motifs is 1. The molecule has 32 heavy (non-hydrogen) atoms. The van der Waals surface area contributed by atoms with Gasteiger partial charge >= 0.3 is 6.18 Å². The summed E-state index contributed by atoms with van der Waals surface area (Å²) in [4.78, 5) is 0. The molecule has 1 N–H and O–H groups in total. The molecule has 1 heterocycles. The highest BCUT2D eigenvalue weighted by atomic mass is 32.2. The van der Waals surface area contributed by atoms with Crippen LogP contribution < -0.4 is 4.72 Å². The summed E-state index contributed by atoms with van der Waals surface area (Å²) in [6, 6.07) is 10.4. The predicted molar refractivity (Wildman–Crippen MR) is 121 cm³/mol. The first-order valence-electron chi connectivity index (χ1n) is 10.8. The lowest BCUT2D eigenvalue weighted by atomic mass is 9.97. The maximum atomic E-state index is 13.6. The molecular weight excluding hydrogens is 437 g/mol. The molecule has 0 aliphatic heterocycles. The molecule has 1 aromatic heterocycles. The lowest BCUT2D eigenvalue weighted by Crippen LogP contribution is -2.29. The minimum Gasteiger partial charge on any atom is -0.347 e. The largest absolute Gasteiger partial charge is 0.417 e. The van der Waals surface area contributed by atoms with Crippen LogP contribution in [0.3, 0.4) is 0 Å². The molecule has 4 nitrogen and oxygen atoms in total. The number of hydrogen-bond donors (Lipinski definition) is 1. The van der Waals surface area contributed by atoms with E-state index in [1.165, 1.54) is 12.1 Å². The van der Waals surface area contributed by atoms with Gasteiger partial charge in [-0.3, -0.25) is 0 Å². The summed E-state index contributed by atoms with van der Waals surface area (Å²) >= 11 is 0. The third-order valence-corrected chi connectivity index (χ3v) is 7.82.